The topological polar surface area (TPSA) is 59.7 Å². The molecule has 2 aromatic heterocycles. The lowest BCUT2D eigenvalue weighted by Crippen LogP contribution is -1.89. The molecule has 0 saturated carbocycles. The van der Waals surface area contributed by atoms with Crippen LogP contribution in [0.15, 0.2) is 46.2 Å². The Balaban J connectivity index is 1.85. The number of methoxy groups -OCH3 is 1. The highest BCUT2D eigenvalue weighted by Gasteiger charge is 2.07. The molecular weight excluding hydrogens is 284 g/mol. The monoisotopic (exact) mass is 298 g/mol. The summed E-state index contributed by atoms with van der Waals surface area (Å²) in [4.78, 5) is 8.47. The third kappa shape index (κ3) is 2.75. The van der Waals surface area contributed by atoms with E-state index in [1.807, 2.05) is 31.2 Å². The van der Waals surface area contributed by atoms with E-state index in [9.17, 15) is 0 Å². The number of nitrogens with zero attached hydrogens (tertiary/aromatic N) is 4. The van der Waals surface area contributed by atoms with Gasteiger partial charge in [-0.25, -0.2) is 9.97 Å². The SMILES string of the molecule is COc1ccccc1CN=Nc1ncnc2c(C)csc12. The van der Waals surface area contributed by atoms with Gasteiger partial charge in [0.15, 0.2) is 5.82 Å². The predicted octanol–water partition coefficient (Wildman–Crippen LogP) is 4.29. The van der Waals surface area contributed by atoms with Crippen LogP contribution in [-0.4, -0.2) is 17.1 Å². The van der Waals surface area contributed by atoms with E-state index in [0.717, 1.165) is 27.1 Å². The smallest absolute Gasteiger partial charge is 0.195 e. The second kappa shape index (κ2) is 5.97. The van der Waals surface area contributed by atoms with Gasteiger partial charge in [-0.1, -0.05) is 18.2 Å². The quantitative estimate of drug-likeness (QED) is 0.675. The molecule has 0 aliphatic rings. The molecule has 0 spiro atoms. The highest BCUT2D eigenvalue weighted by atomic mass is 32.1. The molecular formula is C15H14N4OS. The van der Waals surface area contributed by atoms with Gasteiger partial charge in [0.05, 0.1) is 23.9 Å². The van der Waals surface area contributed by atoms with Crippen LogP contribution in [0.25, 0.3) is 10.2 Å². The first-order valence-electron chi connectivity index (χ1n) is 6.48. The zero-order chi connectivity index (χ0) is 14.7. The van der Waals surface area contributed by atoms with Crippen LogP contribution in [0.1, 0.15) is 11.1 Å². The molecule has 106 valence electrons. The molecule has 2 heterocycles. The molecule has 0 atom stereocenters. The zero-order valence-electron chi connectivity index (χ0n) is 11.8. The van der Waals surface area contributed by atoms with Crippen LogP contribution in [-0.2, 0) is 6.54 Å². The van der Waals surface area contributed by atoms with Gasteiger partial charge in [-0.3, -0.25) is 0 Å². The minimum absolute atomic E-state index is 0.458. The summed E-state index contributed by atoms with van der Waals surface area (Å²) in [6.07, 6.45) is 1.53. The van der Waals surface area contributed by atoms with Crippen LogP contribution in [0.2, 0.25) is 0 Å². The van der Waals surface area contributed by atoms with Crippen molar-refractivity contribution in [2.75, 3.05) is 7.11 Å². The number of aryl methyl sites for hydroxylation is 1. The second-order valence-corrected chi connectivity index (χ2v) is 5.38. The van der Waals surface area contributed by atoms with Gasteiger partial charge in [0.1, 0.15) is 12.1 Å². The number of aromatic nitrogens is 2. The number of benzene rings is 1. The maximum absolute atomic E-state index is 5.30. The Morgan fingerprint density at radius 1 is 1.24 bits per heavy atom. The van der Waals surface area contributed by atoms with E-state index in [1.54, 1.807) is 18.4 Å². The minimum Gasteiger partial charge on any atom is -0.496 e. The van der Waals surface area contributed by atoms with Crippen LogP contribution in [0.4, 0.5) is 5.82 Å². The summed E-state index contributed by atoms with van der Waals surface area (Å²) in [6.45, 7) is 2.49. The van der Waals surface area contributed by atoms with E-state index in [-0.39, 0.29) is 0 Å². The van der Waals surface area contributed by atoms with Gasteiger partial charge in [0.2, 0.25) is 0 Å². The van der Waals surface area contributed by atoms with Gasteiger partial charge in [-0.2, -0.15) is 5.11 Å². The first kappa shape index (κ1) is 13.6. The summed E-state index contributed by atoms with van der Waals surface area (Å²) in [5.41, 5.74) is 3.08. The lowest BCUT2D eigenvalue weighted by molar-refractivity contribution is 0.409. The Bertz CT molecular complexity index is 797. The van der Waals surface area contributed by atoms with Gasteiger partial charge >= 0.3 is 0 Å². The molecule has 21 heavy (non-hydrogen) atoms. The fraction of sp³-hybridized carbons (Fsp3) is 0.200. The summed E-state index contributed by atoms with van der Waals surface area (Å²) in [5.74, 6) is 1.43. The largest absolute Gasteiger partial charge is 0.496 e. The highest BCUT2D eigenvalue weighted by molar-refractivity contribution is 7.17. The van der Waals surface area contributed by atoms with Gasteiger partial charge in [0, 0.05) is 5.56 Å². The standard InChI is InChI=1S/C15H14N4OS/c1-10-8-21-14-13(10)16-9-17-15(14)19-18-7-11-5-3-4-6-12(11)20-2/h3-6,8-9H,7H2,1-2H3. The van der Waals surface area contributed by atoms with Crippen molar-refractivity contribution in [2.45, 2.75) is 13.5 Å². The van der Waals surface area contributed by atoms with Gasteiger partial charge in [-0.15, -0.1) is 16.5 Å². The number of para-hydroxylation sites is 1. The molecule has 3 aromatic rings. The molecule has 3 rings (SSSR count). The van der Waals surface area contributed by atoms with Crippen molar-refractivity contribution in [1.82, 2.24) is 9.97 Å². The van der Waals surface area contributed by atoms with Crippen LogP contribution in [0, 0.1) is 6.92 Å². The summed E-state index contributed by atoms with van der Waals surface area (Å²) >= 11 is 1.59. The summed E-state index contributed by atoms with van der Waals surface area (Å²) in [5, 5.41) is 10.5. The van der Waals surface area contributed by atoms with Gasteiger partial charge in [-0.05, 0) is 23.9 Å². The lowest BCUT2D eigenvalue weighted by Gasteiger charge is -2.04. The Labute approximate surface area is 126 Å². The number of rotatable bonds is 4. The average Bonchev–Trinajstić information content (AvgIpc) is 2.90. The first-order valence-corrected chi connectivity index (χ1v) is 7.35. The molecule has 0 bridgehead atoms. The van der Waals surface area contributed by atoms with Crippen molar-refractivity contribution >= 4 is 27.4 Å². The molecule has 0 fully saturated rings. The second-order valence-electron chi connectivity index (χ2n) is 4.51. The fourth-order valence-corrected chi connectivity index (χ4v) is 2.97. The summed E-state index contributed by atoms with van der Waals surface area (Å²) in [7, 11) is 1.65. The number of hydrogen-bond acceptors (Lipinski definition) is 6. The van der Waals surface area contributed by atoms with E-state index in [4.69, 9.17) is 4.74 Å². The molecule has 0 amide bonds. The molecule has 5 nitrogen and oxygen atoms in total. The van der Waals surface area contributed by atoms with Crippen molar-refractivity contribution in [2.24, 2.45) is 10.2 Å². The average molecular weight is 298 g/mol. The third-order valence-electron chi connectivity index (χ3n) is 3.11. The number of thiophene rings is 1. The van der Waals surface area contributed by atoms with Crippen molar-refractivity contribution < 1.29 is 4.74 Å². The van der Waals surface area contributed by atoms with Crippen molar-refractivity contribution in [3.8, 4) is 5.75 Å². The highest BCUT2D eigenvalue weighted by Crippen LogP contribution is 2.30. The molecule has 0 saturated heterocycles. The lowest BCUT2D eigenvalue weighted by atomic mass is 10.2. The van der Waals surface area contributed by atoms with E-state index >= 15 is 0 Å². The number of ether oxygens (including phenoxy) is 1. The Morgan fingerprint density at radius 2 is 2.10 bits per heavy atom. The number of hydrogen-bond donors (Lipinski definition) is 0. The van der Waals surface area contributed by atoms with E-state index in [1.165, 1.54) is 6.33 Å². The maximum atomic E-state index is 5.30. The number of azo groups is 1. The summed E-state index contributed by atoms with van der Waals surface area (Å²) in [6, 6.07) is 7.78. The van der Waals surface area contributed by atoms with Crippen LogP contribution in [0.3, 0.4) is 0 Å². The van der Waals surface area contributed by atoms with Gasteiger partial charge < -0.3 is 4.74 Å². The third-order valence-corrected chi connectivity index (χ3v) is 4.19. The van der Waals surface area contributed by atoms with Crippen LogP contribution < -0.4 is 4.74 Å². The van der Waals surface area contributed by atoms with Crippen molar-refractivity contribution in [3.05, 3.63) is 47.1 Å². The predicted molar refractivity (Wildman–Crippen MR) is 83.4 cm³/mol. The van der Waals surface area contributed by atoms with E-state index in [2.05, 4.69) is 25.6 Å². The molecule has 0 N–H and O–H groups in total. The Kier molecular flexibility index (Phi) is 3.87. The molecule has 0 unspecified atom stereocenters. The minimum atomic E-state index is 0.458. The molecule has 0 aliphatic carbocycles. The van der Waals surface area contributed by atoms with E-state index < -0.39 is 0 Å². The molecule has 1 aromatic carbocycles. The van der Waals surface area contributed by atoms with Crippen molar-refractivity contribution in [3.63, 3.8) is 0 Å². The first-order chi connectivity index (χ1) is 10.3. The Hall–Kier alpha value is -2.34. The van der Waals surface area contributed by atoms with Crippen LogP contribution >= 0.6 is 11.3 Å². The molecule has 0 radical (unpaired) electrons. The summed E-state index contributed by atoms with van der Waals surface area (Å²) < 4.78 is 6.27. The van der Waals surface area contributed by atoms with Crippen molar-refractivity contribution in [1.29, 1.82) is 0 Å². The van der Waals surface area contributed by atoms with E-state index in [0.29, 0.717) is 12.4 Å². The number of fused-ring (bicyclic) bond motifs is 1. The Morgan fingerprint density at radius 3 is 2.95 bits per heavy atom. The maximum Gasteiger partial charge on any atom is 0.195 e. The normalized spacial score (nSPS) is 11.3. The molecule has 6 heteroatoms. The van der Waals surface area contributed by atoms with Gasteiger partial charge in [0.25, 0.3) is 0 Å². The zero-order valence-corrected chi connectivity index (χ0v) is 12.6. The fourth-order valence-electron chi connectivity index (χ4n) is 2.04. The molecule has 0 aliphatic heterocycles. The van der Waals surface area contributed by atoms with Crippen LogP contribution in [0.5, 0.6) is 5.75 Å².